The van der Waals surface area contributed by atoms with Crippen molar-refractivity contribution >= 4 is 22.9 Å². The molecule has 0 fully saturated rings. The molecule has 0 radical (unpaired) electrons. The van der Waals surface area contributed by atoms with Gasteiger partial charge in [0.2, 0.25) is 5.06 Å². The SMILES string of the molecule is Cc1nc(C#N)sc1Oc1ccc(-n2ncn(Cc3cc(Cl)ccn3)c2=O)cc1F. The van der Waals surface area contributed by atoms with Gasteiger partial charge in [0.1, 0.15) is 12.4 Å². The summed E-state index contributed by atoms with van der Waals surface area (Å²) in [5.74, 6) is -0.734. The second kappa shape index (κ2) is 8.06. The molecule has 0 aliphatic rings. The van der Waals surface area contributed by atoms with Gasteiger partial charge in [-0.15, -0.1) is 0 Å². The Morgan fingerprint density at radius 2 is 2.17 bits per heavy atom. The first-order chi connectivity index (χ1) is 14.4. The van der Waals surface area contributed by atoms with E-state index in [1.54, 1.807) is 25.3 Å². The summed E-state index contributed by atoms with van der Waals surface area (Å²) >= 11 is 6.96. The highest BCUT2D eigenvalue weighted by Crippen LogP contribution is 2.33. The maximum Gasteiger partial charge on any atom is 0.350 e. The molecule has 0 saturated carbocycles. The molecule has 11 heteroatoms. The number of pyridine rings is 1. The van der Waals surface area contributed by atoms with Crippen LogP contribution in [-0.2, 0) is 6.54 Å². The van der Waals surface area contributed by atoms with Crippen molar-refractivity contribution in [2.75, 3.05) is 0 Å². The van der Waals surface area contributed by atoms with Gasteiger partial charge in [-0.2, -0.15) is 15.0 Å². The number of hydrogen-bond acceptors (Lipinski definition) is 7. The molecule has 3 heterocycles. The summed E-state index contributed by atoms with van der Waals surface area (Å²) in [4.78, 5) is 20.8. The lowest BCUT2D eigenvalue weighted by molar-refractivity contribution is 0.448. The van der Waals surface area contributed by atoms with Gasteiger partial charge in [0.15, 0.2) is 16.6 Å². The molecule has 1 aromatic carbocycles. The van der Waals surface area contributed by atoms with Gasteiger partial charge in [-0.05, 0) is 31.2 Å². The lowest BCUT2D eigenvalue weighted by atomic mass is 10.3. The highest BCUT2D eigenvalue weighted by Gasteiger charge is 2.15. The van der Waals surface area contributed by atoms with Gasteiger partial charge in [0.05, 0.1) is 23.6 Å². The highest BCUT2D eigenvalue weighted by atomic mass is 35.5. The van der Waals surface area contributed by atoms with Crippen molar-refractivity contribution in [3.63, 3.8) is 0 Å². The van der Waals surface area contributed by atoms with Gasteiger partial charge in [0, 0.05) is 17.3 Å². The first-order valence-electron chi connectivity index (χ1n) is 8.55. The van der Waals surface area contributed by atoms with E-state index in [-0.39, 0.29) is 23.0 Å². The summed E-state index contributed by atoms with van der Waals surface area (Å²) in [5, 5.41) is 14.0. The molecule has 0 aliphatic carbocycles. The van der Waals surface area contributed by atoms with Crippen LogP contribution in [0, 0.1) is 24.1 Å². The van der Waals surface area contributed by atoms with Crippen LogP contribution >= 0.6 is 22.9 Å². The average molecular weight is 443 g/mol. The number of aryl methyl sites for hydroxylation is 1. The predicted molar refractivity (Wildman–Crippen MR) is 108 cm³/mol. The Bertz CT molecular complexity index is 1340. The molecule has 0 amide bonds. The first kappa shape index (κ1) is 19.8. The Hall–Kier alpha value is -3.55. The van der Waals surface area contributed by atoms with Gasteiger partial charge >= 0.3 is 5.69 Å². The van der Waals surface area contributed by atoms with E-state index in [0.717, 1.165) is 22.1 Å². The van der Waals surface area contributed by atoms with E-state index in [4.69, 9.17) is 21.6 Å². The molecule has 150 valence electrons. The van der Waals surface area contributed by atoms with Crippen molar-refractivity contribution < 1.29 is 9.13 Å². The summed E-state index contributed by atoms with van der Waals surface area (Å²) in [6, 6.07) is 9.25. The van der Waals surface area contributed by atoms with E-state index in [1.165, 1.54) is 23.0 Å². The normalized spacial score (nSPS) is 10.7. The molecule has 8 nitrogen and oxygen atoms in total. The topological polar surface area (TPSA) is 98.6 Å². The Balaban J connectivity index is 1.59. The van der Waals surface area contributed by atoms with E-state index in [1.807, 2.05) is 6.07 Å². The number of halogens is 2. The molecular weight excluding hydrogens is 431 g/mol. The van der Waals surface area contributed by atoms with Crippen LogP contribution in [0.15, 0.2) is 47.7 Å². The molecule has 0 atom stereocenters. The molecule has 4 rings (SSSR count). The zero-order chi connectivity index (χ0) is 21.3. The lowest BCUT2D eigenvalue weighted by Crippen LogP contribution is -2.24. The summed E-state index contributed by atoms with van der Waals surface area (Å²) in [5.41, 5.74) is 0.864. The van der Waals surface area contributed by atoms with Crippen LogP contribution in [0.1, 0.15) is 16.4 Å². The number of thiazole rings is 1. The van der Waals surface area contributed by atoms with Crippen LogP contribution in [0.5, 0.6) is 10.8 Å². The van der Waals surface area contributed by atoms with E-state index >= 15 is 0 Å². The maximum atomic E-state index is 14.6. The number of ether oxygens (including phenoxy) is 1. The van der Waals surface area contributed by atoms with Crippen molar-refractivity contribution in [1.29, 1.82) is 5.26 Å². The van der Waals surface area contributed by atoms with Gasteiger partial charge in [-0.1, -0.05) is 22.9 Å². The predicted octanol–water partition coefficient (Wildman–Crippen LogP) is 3.70. The molecule has 0 bridgehead atoms. The molecular formula is C19H12ClFN6O2S. The van der Waals surface area contributed by atoms with Crippen LogP contribution < -0.4 is 10.4 Å². The van der Waals surface area contributed by atoms with E-state index in [2.05, 4.69) is 15.1 Å². The smallest absolute Gasteiger partial charge is 0.350 e. The molecule has 0 saturated heterocycles. The van der Waals surface area contributed by atoms with Gasteiger partial charge in [-0.3, -0.25) is 9.55 Å². The molecule has 4 aromatic rings. The van der Waals surface area contributed by atoms with Gasteiger partial charge in [0.25, 0.3) is 0 Å². The largest absolute Gasteiger partial charge is 0.442 e. The van der Waals surface area contributed by atoms with Crippen LogP contribution in [0.3, 0.4) is 0 Å². The first-order valence-corrected chi connectivity index (χ1v) is 9.74. The number of nitriles is 1. The third kappa shape index (κ3) is 3.94. The van der Waals surface area contributed by atoms with Crippen molar-refractivity contribution in [3.8, 4) is 22.6 Å². The Labute approximate surface area is 178 Å². The Morgan fingerprint density at radius 3 is 2.87 bits per heavy atom. The third-order valence-corrected chi connectivity index (χ3v) is 5.23. The average Bonchev–Trinajstić information content (AvgIpc) is 3.26. The van der Waals surface area contributed by atoms with Crippen molar-refractivity contribution in [2.45, 2.75) is 13.5 Å². The summed E-state index contributed by atoms with van der Waals surface area (Å²) in [7, 11) is 0. The minimum Gasteiger partial charge on any atom is -0.442 e. The fourth-order valence-corrected chi connectivity index (χ4v) is 3.57. The molecule has 0 unspecified atom stereocenters. The zero-order valence-electron chi connectivity index (χ0n) is 15.4. The maximum absolute atomic E-state index is 14.6. The van der Waals surface area contributed by atoms with Gasteiger partial charge < -0.3 is 4.74 Å². The Morgan fingerprint density at radius 1 is 1.33 bits per heavy atom. The molecule has 0 aliphatic heterocycles. The monoisotopic (exact) mass is 442 g/mol. The number of rotatable bonds is 5. The minimum atomic E-state index is -0.684. The molecule has 0 spiro atoms. The van der Waals surface area contributed by atoms with E-state index in [9.17, 15) is 9.18 Å². The molecule has 3 aromatic heterocycles. The quantitative estimate of drug-likeness (QED) is 0.467. The highest BCUT2D eigenvalue weighted by molar-refractivity contribution is 7.14. The molecule has 30 heavy (non-hydrogen) atoms. The lowest BCUT2D eigenvalue weighted by Gasteiger charge is -2.07. The standard InChI is InChI=1S/C19H12ClFN6O2S/c1-11-18(30-17(8-22)25-11)29-16-3-2-14(7-15(16)21)27-19(28)26(10-24-27)9-13-6-12(20)4-5-23-13/h2-7,10H,9H2,1H3. The second-order valence-corrected chi connectivity index (χ2v) is 7.54. The number of benzene rings is 1. The van der Waals surface area contributed by atoms with Crippen LogP contribution in [0.4, 0.5) is 4.39 Å². The number of nitrogens with zero attached hydrogens (tertiary/aromatic N) is 6. The number of hydrogen-bond donors (Lipinski definition) is 0. The molecule has 0 N–H and O–H groups in total. The Kier molecular flexibility index (Phi) is 5.31. The van der Waals surface area contributed by atoms with Gasteiger partial charge in [-0.25, -0.2) is 14.2 Å². The van der Waals surface area contributed by atoms with Crippen molar-refractivity contribution in [3.05, 3.63) is 80.6 Å². The van der Waals surface area contributed by atoms with Crippen molar-refractivity contribution in [1.82, 2.24) is 24.3 Å². The van der Waals surface area contributed by atoms with E-state index in [0.29, 0.717) is 21.5 Å². The van der Waals surface area contributed by atoms with Crippen molar-refractivity contribution in [2.24, 2.45) is 0 Å². The third-order valence-electron chi connectivity index (χ3n) is 4.06. The fraction of sp³-hybridized carbons (Fsp3) is 0.105. The summed E-state index contributed by atoms with van der Waals surface area (Å²) in [6.07, 6.45) is 2.89. The van der Waals surface area contributed by atoms with Crippen LogP contribution in [-0.4, -0.2) is 24.3 Å². The van der Waals surface area contributed by atoms with Crippen LogP contribution in [0.2, 0.25) is 5.02 Å². The summed E-state index contributed by atoms with van der Waals surface area (Å²) in [6.45, 7) is 1.84. The zero-order valence-corrected chi connectivity index (χ0v) is 17.0. The summed E-state index contributed by atoms with van der Waals surface area (Å²) < 4.78 is 22.5. The second-order valence-electron chi connectivity index (χ2n) is 6.14. The van der Waals surface area contributed by atoms with E-state index < -0.39 is 11.5 Å². The number of aromatic nitrogens is 5. The van der Waals surface area contributed by atoms with Crippen LogP contribution in [0.25, 0.3) is 5.69 Å². The minimum absolute atomic E-state index is 0.0504. The fourth-order valence-electron chi connectivity index (χ4n) is 2.66.